The molecule has 1 unspecified atom stereocenters. The maximum atomic E-state index is 10.6. The molecule has 82 valence electrons. The molecule has 1 atom stereocenters. The van der Waals surface area contributed by atoms with Crippen molar-refractivity contribution in [1.82, 2.24) is 4.98 Å². The fourth-order valence-electron chi connectivity index (χ4n) is 1.50. The van der Waals surface area contributed by atoms with E-state index in [1.165, 1.54) is 11.3 Å². The summed E-state index contributed by atoms with van der Waals surface area (Å²) in [5.41, 5.74) is 0. The lowest BCUT2D eigenvalue weighted by atomic mass is 10.3. The molecule has 2 heterocycles. The number of hydrogen-bond acceptors (Lipinski definition) is 5. The molecule has 0 bridgehead atoms. The fourth-order valence-corrected chi connectivity index (χ4v) is 2.60. The first-order chi connectivity index (χ1) is 7.20. The molecule has 0 saturated carbocycles. The average Bonchev–Trinajstić information content (AvgIpc) is 2.60. The van der Waals surface area contributed by atoms with E-state index in [9.17, 15) is 4.79 Å². The van der Waals surface area contributed by atoms with Gasteiger partial charge in [0.15, 0.2) is 16.6 Å². The van der Waals surface area contributed by atoms with Crippen molar-refractivity contribution < 1.29 is 9.53 Å². The Morgan fingerprint density at radius 3 is 3.13 bits per heavy atom. The molecule has 0 spiro atoms. The lowest BCUT2D eigenvalue weighted by Crippen LogP contribution is -2.41. The number of rotatable bonds is 2. The highest BCUT2D eigenvalue weighted by molar-refractivity contribution is 7.17. The van der Waals surface area contributed by atoms with Crippen LogP contribution in [0, 0.1) is 0 Å². The molecule has 1 aromatic heterocycles. The Kier molecular flexibility index (Phi) is 3.23. The molecule has 1 saturated heterocycles. The number of morpholine rings is 1. The molecule has 15 heavy (non-hydrogen) atoms. The zero-order valence-electron chi connectivity index (χ0n) is 8.27. The summed E-state index contributed by atoms with van der Waals surface area (Å²) < 4.78 is 5.43. The first-order valence-corrected chi connectivity index (χ1v) is 5.88. The van der Waals surface area contributed by atoms with Crippen molar-refractivity contribution in [3.8, 4) is 0 Å². The molecular formula is C9H11ClN2O2S. The van der Waals surface area contributed by atoms with Crippen LogP contribution in [0.1, 0.15) is 16.6 Å². The summed E-state index contributed by atoms with van der Waals surface area (Å²) >= 11 is 7.14. The Bertz CT molecular complexity index is 369. The van der Waals surface area contributed by atoms with E-state index < -0.39 is 0 Å². The van der Waals surface area contributed by atoms with Crippen LogP contribution in [-0.4, -0.2) is 37.1 Å². The van der Waals surface area contributed by atoms with Gasteiger partial charge >= 0.3 is 0 Å². The molecule has 0 radical (unpaired) electrons. The number of thiazole rings is 1. The summed E-state index contributed by atoms with van der Waals surface area (Å²) in [6.07, 6.45) is 0.939. The van der Waals surface area contributed by atoms with Gasteiger partial charge in [0, 0.05) is 13.1 Å². The van der Waals surface area contributed by atoms with Gasteiger partial charge < -0.3 is 9.64 Å². The molecule has 1 aliphatic heterocycles. The highest BCUT2D eigenvalue weighted by atomic mass is 35.5. The monoisotopic (exact) mass is 246 g/mol. The van der Waals surface area contributed by atoms with Crippen molar-refractivity contribution >= 4 is 34.4 Å². The van der Waals surface area contributed by atoms with Crippen LogP contribution in [0.5, 0.6) is 0 Å². The Balaban J connectivity index is 2.17. The minimum absolute atomic E-state index is 0.195. The molecule has 1 fully saturated rings. The summed E-state index contributed by atoms with van der Waals surface area (Å²) in [4.78, 5) is 17.4. The second kappa shape index (κ2) is 4.47. The van der Waals surface area contributed by atoms with Crippen molar-refractivity contribution in [2.75, 3.05) is 24.6 Å². The van der Waals surface area contributed by atoms with Gasteiger partial charge in [-0.25, -0.2) is 4.98 Å². The van der Waals surface area contributed by atoms with Crippen LogP contribution in [0.3, 0.4) is 0 Å². The number of halogens is 1. The lowest BCUT2D eigenvalue weighted by Gasteiger charge is -2.30. The number of aromatic nitrogens is 1. The van der Waals surface area contributed by atoms with E-state index in [4.69, 9.17) is 16.3 Å². The minimum Gasteiger partial charge on any atom is -0.375 e. The smallest absolute Gasteiger partial charge is 0.187 e. The van der Waals surface area contributed by atoms with Crippen LogP contribution in [0.15, 0.2) is 0 Å². The Morgan fingerprint density at radius 2 is 2.53 bits per heavy atom. The van der Waals surface area contributed by atoms with Crippen molar-refractivity contribution in [3.05, 3.63) is 10.0 Å². The summed E-state index contributed by atoms with van der Waals surface area (Å²) in [6.45, 7) is 4.30. The van der Waals surface area contributed by atoms with Gasteiger partial charge in [0.25, 0.3) is 0 Å². The Hall–Kier alpha value is -0.650. The standard InChI is InChI=1S/C9H11ClN2O2S/c1-6-4-12(2-3-14-6)9-11-8(10)7(5-13)15-9/h5-6H,2-4H2,1H3. The largest absolute Gasteiger partial charge is 0.375 e. The lowest BCUT2D eigenvalue weighted by molar-refractivity contribution is 0.0532. The van der Waals surface area contributed by atoms with Crippen LogP contribution >= 0.6 is 22.9 Å². The number of hydrogen-bond donors (Lipinski definition) is 0. The molecule has 0 N–H and O–H groups in total. The molecule has 0 aliphatic carbocycles. The summed E-state index contributed by atoms with van der Waals surface area (Å²) in [7, 11) is 0. The number of aldehydes is 1. The maximum absolute atomic E-state index is 10.6. The maximum Gasteiger partial charge on any atom is 0.187 e. The van der Waals surface area contributed by atoms with Crippen molar-refractivity contribution in [3.63, 3.8) is 0 Å². The molecule has 2 rings (SSSR count). The molecule has 1 aliphatic rings. The Morgan fingerprint density at radius 1 is 1.73 bits per heavy atom. The van der Waals surface area contributed by atoms with Gasteiger partial charge in [-0.1, -0.05) is 22.9 Å². The number of anilines is 1. The predicted molar refractivity (Wildman–Crippen MR) is 60.1 cm³/mol. The van der Waals surface area contributed by atoms with Crippen LogP contribution in [0.25, 0.3) is 0 Å². The van der Waals surface area contributed by atoms with Gasteiger partial charge in [-0.05, 0) is 6.92 Å². The number of ether oxygens (including phenoxy) is 1. The van der Waals surface area contributed by atoms with E-state index >= 15 is 0 Å². The zero-order chi connectivity index (χ0) is 10.8. The van der Waals surface area contributed by atoms with Crippen LogP contribution in [0.2, 0.25) is 5.15 Å². The van der Waals surface area contributed by atoms with Gasteiger partial charge in [0.05, 0.1) is 12.7 Å². The highest BCUT2D eigenvalue weighted by Gasteiger charge is 2.20. The molecule has 6 heteroatoms. The zero-order valence-corrected chi connectivity index (χ0v) is 9.85. The van der Waals surface area contributed by atoms with Gasteiger partial charge in [0.2, 0.25) is 0 Å². The van der Waals surface area contributed by atoms with E-state index in [1.54, 1.807) is 0 Å². The molecule has 4 nitrogen and oxygen atoms in total. The fraction of sp³-hybridized carbons (Fsp3) is 0.556. The molecule has 1 aromatic rings. The number of carbonyl (C=O) groups excluding carboxylic acids is 1. The predicted octanol–water partition coefficient (Wildman–Crippen LogP) is 1.83. The van der Waals surface area contributed by atoms with E-state index in [0.29, 0.717) is 16.6 Å². The first kappa shape index (κ1) is 10.9. The topological polar surface area (TPSA) is 42.4 Å². The van der Waals surface area contributed by atoms with Crippen molar-refractivity contribution in [2.45, 2.75) is 13.0 Å². The molecule has 0 amide bonds. The third-order valence-corrected chi connectivity index (χ3v) is 3.66. The minimum atomic E-state index is 0.195. The summed E-state index contributed by atoms with van der Waals surface area (Å²) in [5, 5.41) is 1.10. The van der Waals surface area contributed by atoms with Crippen LogP contribution in [-0.2, 0) is 4.74 Å². The number of carbonyl (C=O) groups is 1. The number of nitrogens with zero attached hydrogens (tertiary/aromatic N) is 2. The second-order valence-corrected chi connectivity index (χ2v) is 4.76. The highest BCUT2D eigenvalue weighted by Crippen LogP contribution is 2.29. The van der Waals surface area contributed by atoms with E-state index in [0.717, 1.165) is 24.5 Å². The van der Waals surface area contributed by atoms with E-state index in [1.807, 2.05) is 6.92 Å². The van der Waals surface area contributed by atoms with E-state index in [-0.39, 0.29) is 6.10 Å². The summed E-state index contributed by atoms with van der Waals surface area (Å²) in [6, 6.07) is 0. The van der Waals surface area contributed by atoms with E-state index in [2.05, 4.69) is 9.88 Å². The van der Waals surface area contributed by atoms with Gasteiger partial charge in [-0.3, -0.25) is 4.79 Å². The van der Waals surface area contributed by atoms with Crippen LogP contribution in [0.4, 0.5) is 5.13 Å². The first-order valence-electron chi connectivity index (χ1n) is 4.68. The van der Waals surface area contributed by atoms with Crippen LogP contribution < -0.4 is 4.90 Å². The average molecular weight is 247 g/mol. The molecular weight excluding hydrogens is 236 g/mol. The quantitative estimate of drug-likeness (QED) is 0.747. The SMILES string of the molecule is CC1CN(c2nc(Cl)c(C=O)s2)CCO1. The Labute approximate surface area is 96.8 Å². The third kappa shape index (κ3) is 2.30. The molecule has 0 aromatic carbocycles. The van der Waals surface area contributed by atoms with Crippen molar-refractivity contribution in [2.24, 2.45) is 0 Å². The van der Waals surface area contributed by atoms with Crippen molar-refractivity contribution in [1.29, 1.82) is 0 Å². The second-order valence-electron chi connectivity index (χ2n) is 3.40. The third-order valence-electron chi connectivity index (χ3n) is 2.22. The van der Waals surface area contributed by atoms with Gasteiger partial charge in [-0.15, -0.1) is 0 Å². The van der Waals surface area contributed by atoms with Gasteiger partial charge in [-0.2, -0.15) is 0 Å². The van der Waals surface area contributed by atoms with Gasteiger partial charge in [0.1, 0.15) is 4.88 Å². The summed E-state index contributed by atoms with van der Waals surface area (Å²) in [5.74, 6) is 0. The normalized spacial score (nSPS) is 21.7.